The van der Waals surface area contributed by atoms with Crippen LogP contribution in [-0.4, -0.2) is 8.32 Å². The van der Waals surface area contributed by atoms with Crippen molar-refractivity contribution in [3.05, 3.63) is 177 Å². The number of rotatable bonds is 12. The first kappa shape index (κ1) is 43.6. The van der Waals surface area contributed by atoms with E-state index in [9.17, 15) is 0 Å². The van der Waals surface area contributed by atoms with Gasteiger partial charge in [-0.15, -0.1) is 0 Å². The van der Waals surface area contributed by atoms with Crippen LogP contribution >= 0.6 is 0 Å². The fourth-order valence-electron chi connectivity index (χ4n) is 9.61. The van der Waals surface area contributed by atoms with E-state index < -0.39 is 13.9 Å². The summed E-state index contributed by atoms with van der Waals surface area (Å²) in [6.07, 6.45) is 2.75. The third-order valence-corrected chi connectivity index (χ3v) is 17.3. The van der Waals surface area contributed by atoms with Gasteiger partial charge in [0.2, 0.25) is 0 Å². The summed E-state index contributed by atoms with van der Waals surface area (Å²) in [5.74, 6) is 2.17. The zero-order valence-corrected chi connectivity index (χ0v) is 39.5. The van der Waals surface area contributed by atoms with E-state index in [0.717, 1.165) is 0 Å². The van der Waals surface area contributed by atoms with Crippen LogP contribution in [-0.2, 0) is 10.0 Å². The van der Waals surface area contributed by atoms with Gasteiger partial charge in [-0.05, 0) is 107 Å². The number of hydrogen-bond acceptors (Lipinski definition) is 1. The topological polar surface area (TPSA) is 9.23 Å². The van der Waals surface area contributed by atoms with Crippen molar-refractivity contribution >= 4 is 18.7 Å². The van der Waals surface area contributed by atoms with Crippen LogP contribution in [0.4, 0.5) is 0 Å². The summed E-state index contributed by atoms with van der Waals surface area (Å²) < 4.78 is 8.66. The molecule has 0 N–H and O–H groups in total. The fourth-order valence-corrected chi connectivity index (χ4v) is 15.7. The molecule has 0 radical (unpaired) electrons. The van der Waals surface area contributed by atoms with Gasteiger partial charge in [-0.2, -0.15) is 0 Å². The van der Waals surface area contributed by atoms with Crippen LogP contribution in [0.2, 0.25) is 0 Å². The molecule has 1 saturated heterocycles. The van der Waals surface area contributed by atoms with Gasteiger partial charge in [-0.25, -0.2) is 0 Å². The average molecular weight is 789 g/mol. The third-order valence-electron chi connectivity index (χ3n) is 12.8. The van der Waals surface area contributed by atoms with E-state index in [1.807, 2.05) is 0 Å². The van der Waals surface area contributed by atoms with Crippen molar-refractivity contribution in [3.8, 4) is 0 Å². The highest BCUT2D eigenvalue weighted by Gasteiger charge is 2.68. The summed E-state index contributed by atoms with van der Waals surface area (Å²) in [4.78, 5) is 0. The first-order valence-electron chi connectivity index (χ1n) is 22.3. The van der Waals surface area contributed by atoms with Gasteiger partial charge in [0, 0.05) is 5.92 Å². The normalized spacial score (nSPS) is 16.6. The molecule has 0 aliphatic carbocycles. The molecular weight excluding hydrogens is 717 g/mol. The summed E-state index contributed by atoms with van der Waals surface area (Å²) in [6, 6.07) is 43.9. The maximum absolute atomic E-state index is 8.66. The smallest absolute Gasteiger partial charge is 0.290 e. The van der Waals surface area contributed by atoms with Gasteiger partial charge in [0.25, 0.3) is 8.32 Å². The van der Waals surface area contributed by atoms with Crippen molar-refractivity contribution in [2.24, 2.45) is 5.41 Å². The van der Waals surface area contributed by atoms with Gasteiger partial charge in [0.05, 0.1) is 0 Å². The van der Waals surface area contributed by atoms with Crippen LogP contribution in [0.1, 0.15) is 195 Å². The molecule has 1 heterocycles. The summed E-state index contributed by atoms with van der Waals surface area (Å²) in [5.41, 5.74) is 11.5. The predicted molar refractivity (Wildman–Crippen MR) is 254 cm³/mol. The van der Waals surface area contributed by atoms with Crippen molar-refractivity contribution in [3.63, 3.8) is 0 Å². The SMILES string of the molecule is CC(C)c1cc(C(C)C)c([Si]2(c3c(C(C)C)cc(C(C)C)cc3C(C)C)OC(c3ccccc3)(c3ccccc3)/C2=C/C(c2ccccc2)C(C)(C)C)c(C(C)C)c1. The Morgan fingerprint density at radius 1 is 0.448 bits per heavy atom. The first-order valence-corrected chi connectivity index (χ1v) is 24.2. The summed E-state index contributed by atoms with van der Waals surface area (Å²) in [6.45, 7) is 36.0. The predicted octanol–water partition coefficient (Wildman–Crippen LogP) is 14.8. The molecule has 5 aromatic carbocycles. The van der Waals surface area contributed by atoms with Crippen LogP contribution < -0.4 is 10.4 Å². The van der Waals surface area contributed by atoms with Crippen molar-refractivity contribution in [1.82, 2.24) is 0 Å². The van der Waals surface area contributed by atoms with E-state index in [1.54, 1.807) is 0 Å². The fraction of sp³-hybridized carbons (Fsp3) is 0.429. The van der Waals surface area contributed by atoms with Crippen LogP contribution in [0, 0.1) is 5.41 Å². The Kier molecular flexibility index (Phi) is 12.7. The zero-order chi connectivity index (χ0) is 42.3. The molecule has 1 unspecified atom stereocenters. The van der Waals surface area contributed by atoms with E-state index in [-0.39, 0.29) is 11.3 Å². The van der Waals surface area contributed by atoms with Crippen molar-refractivity contribution in [1.29, 1.82) is 0 Å². The van der Waals surface area contributed by atoms with E-state index in [4.69, 9.17) is 4.43 Å². The van der Waals surface area contributed by atoms with Crippen molar-refractivity contribution in [2.75, 3.05) is 0 Å². The van der Waals surface area contributed by atoms with Gasteiger partial charge >= 0.3 is 0 Å². The average Bonchev–Trinajstić information content (AvgIpc) is 3.17. The molecule has 1 nitrogen and oxygen atoms in total. The van der Waals surface area contributed by atoms with E-state index >= 15 is 0 Å². The highest BCUT2D eigenvalue weighted by atomic mass is 28.4. The summed E-state index contributed by atoms with van der Waals surface area (Å²) in [5, 5.41) is 4.43. The van der Waals surface area contributed by atoms with Gasteiger partial charge < -0.3 is 4.43 Å². The molecule has 306 valence electrons. The Hall–Kier alpha value is -3.98. The molecule has 1 aliphatic rings. The monoisotopic (exact) mass is 789 g/mol. The van der Waals surface area contributed by atoms with Gasteiger partial charge in [-0.3, -0.25) is 0 Å². The highest BCUT2D eigenvalue weighted by molar-refractivity contribution is 7.06. The Balaban J connectivity index is 1.97. The molecule has 1 aliphatic heterocycles. The lowest BCUT2D eigenvalue weighted by Gasteiger charge is -2.61. The summed E-state index contributed by atoms with van der Waals surface area (Å²) in [7, 11) is -3.38. The zero-order valence-electron chi connectivity index (χ0n) is 38.5. The lowest BCUT2D eigenvalue weighted by atomic mass is 9.74. The quantitative estimate of drug-likeness (QED) is 0.114. The van der Waals surface area contributed by atoms with Crippen LogP contribution in [0.3, 0.4) is 0 Å². The molecule has 0 aromatic heterocycles. The minimum Gasteiger partial charge on any atom is -0.387 e. The minimum absolute atomic E-state index is 0.0737. The Morgan fingerprint density at radius 3 is 1.07 bits per heavy atom. The lowest BCUT2D eigenvalue weighted by Crippen LogP contribution is -2.79. The van der Waals surface area contributed by atoms with Crippen LogP contribution in [0.15, 0.2) is 127 Å². The van der Waals surface area contributed by atoms with E-state index in [1.165, 1.54) is 65.6 Å². The molecule has 0 saturated carbocycles. The maximum Gasteiger partial charge on any atom is 0.290 e. The van der Waals surface area contributed by atoms with Crippen LogP contribution in [0.5, 0.6) is 0 Å². The minimum atomic E-state index is -3.38. The second kappa shape index (κ2) is 16.9. The second-order valence-corrected chi connectivity index (χ2v) is 23.2. The highest BCUT2D eigenvalue weighted by Crippen LogP contribution is 2.58. The second-order valence-electron chi connectivity index (χ2n) is 20.1. The largest absolute Gasteiger partial charge is 0.387 e. The Bertz CT molecular complexity index is 2020. The van der Waals surface area contributed by atoms with Gasteiger partial charge in [-0.1, -0.05) is 225 Å². The molecule has 0 amide bonds. The molecule has 6 rings (SSSR count). The number of hydrogen-bond donors (Lipinski definition) is 0. The number of allylic oxidation sites excluding steroid dienone is 1. The maximum atomic E-state index is 8.66. The first-order chi connectivity index (χ1) is 27.4. The molecule has 2 heteroatoms. The van der Waals surface area contributed by atoms with Crippen LogP contribution in [0.25, 0.3) is 0 Å². The summed E-state index contributed by atoms with van der Waals surface area (Å²) >= 11 is 0. The lowest BCUT2D eigenvalue weighted by molar-refractivity contribution is 0.103. The number of benzene rings is 5. The van der Waals surface area contributed by atoms with E-state index in [2.05, 4.69) is 225 Å². The molecule has 0 bridgehead atoms. The molecule has 1 atom stereocenters. The molecule has 58 heavy (non-hydrogen) atoms. The van der Waals surface area contributed by atoms with Crippen molar-refractivity contribution in [2.45, 2.75) is 151 Å². The van der Waals surface area contributed by atoms with Crippen molar-refractivity contribution < 1.29 is 4.43 Å². The molecular formula is C56H72OSi. The molecule has 5 aromatic rings. The standard InChI is InChI=1S/C56H72OSi/c1-36(2)43-31-47(38(5)6)53(48(32-43)39(7)8)58(54-49(40(9)10)33-44(37(3)4)34-50(54)41(11)12)52(35-51(55(13,14)15)42-25-19-16-20-26-42)56(57-58,45-27-21-17-22-28-45)46-29-23-18-24-30-46/h16-41,51H,1-15H3/b52-35-. The third kappa shape index (κ3) is 7.77. The molecule has 1 fully saturated rings. The van der Waals surface area contributed by atoms with Gasteiger partial charge in [0.15, 0.2) is 0 Å². The van der Waals surface area contributed by atoms with E-state index in [0.29, 0.717) is 35.5 Å². The van der Waals surface area contributed by atoms with Gasteiger partial charge in [0.1, 0.15) is 5.60 Å². The molecule has 0 spiro atoms. The Morgan fingerprint density at radius 2 is 0.776 bits per heavy atom. The Labute approximate surface area is 354 Å².